The van der Waals surface area contributed by atoms with Gasteiger partial charge < -0.3 is 15.3 Å². The number of hydrogen-bond donors (Lipinski definition) is 2. The number of rotatable bonds is 4. The number of carboxylic acid groups (broad SMARTS) is 1. The van der Waals surface area contributed by atoms with Gasteiger partial charge in [0.1, 0.15) is 6.04 Å². The fourth-order valence-corrected chi connectivity index (χ4v) is 3.12. The summed E-state index contributed by atoms with van der Waals surface area (Å²) in [4.78, 5) is 13.2. The summed E-state index contributed by atoms with van der Waals surface area (Å²) in [5.41, 5.74) is 0. The molecule has 0 saturated carbocycles. The lowest BCUT2D eigenvalue weighted by Gasteiger charge is -2.36. The first-order valence-electron chi connectivity index (χ1n) is 6.26. The minimum Gasteiger partial charge on any atom is -0.480 e. The predicted octanol–water partition coefficient (Wildman–Crippen LogP) is 0.922. The van der Waals surface area contributed by atoms with Crippen molar-refractivity contribution in [3.05, 3.63) is 0 Å². The Morgan fingerprint density at radius 1 is 1.44 bits per heavy atom. The number of hydrogen-bond acceptors (Lipinski definition) is 3. The van der Waals surface area contributed by atoms with Gasteiger partial charge in [-0.2, -0.15) is 0 Å². The highest BCUT2D eigenvalue weighted by Gasteiger charge is 2.38. The maximum Gasteiger partial charge on any atom is 0.320 e. The summed E-state index contributed by atoms with van der Waals surface area (Å²) >= 11 is 0. The first-order chi connectivity index (χ1) is 7.58. The molecule has 2 bridgehead atoms. The van der Waals surface area contributed by atoms with Gasteiger partial charge in [0, 0.05) is 12.1 Å². The minimum atomic E-state index is -0.754. The number of fused-ring (bicyclic) bond motifs is 2. The zero-order chi connectivity index (χ0) is 11.7. The van der Waals surface area contributed by atoms with Gasteiger partial charge in [0.15, 0.2) is 0 Å². The van der Waals surface area contributed by atoms with Crippen LogP contribution in [0, 0.1) is 5.92 Å². The maximum atomic E-state index is 10.7. The molecule has 0 radical (unpaired) electrons. The van der Waals surface area contributed by atoms with Crippen molar-refractivity contribution in [2.24, 2.45) is 5.92 Å². The molecule has 0 aliphatic carbocycles. The molecule has 2 N–H and O–H groups in total. The first-order valence-corrected chi connectivity index (χ1v) is 6.26. The Morgan fingerprint density at radius 3 is 2.50 bits per heavy atom. The number of carbonyl (C=O) groups is 1. The highest BCUT2D eigenvalue weighted by Crippen LogP contribution is 2.36. The van der Waals surface area contributed by atoms with E-state index in [-0.39, 0.29) is 0 Å². The third-order valence-corrected chi connectivity index (χ3v) is 4.28. The topological polar surface area (TPSA) is 52.6 Å². The molecule has 0 spiro atoms. The molecule has 2 rings (SSSR count). The Hall–Kier alpha value is -0.610. The van der Waals surface area contributed by atoms with Crippen LogP contribution in [0.5, 0.6) is 0 Å². The van der Waals surface area contributed by atoms with Gasteiger partial charge in [-0.25, -0.2) is 0 Å². The number of nitrogens with one attached hydrogen (secondary N) is 1. The van der Waals surface area contributed by atoms with E-state index < -0.39 is 12.0 Å². The Kier molecular flexibility index (Phi) is 3.50. The number of carboxylic acids is 1. The average Bonchev–Trinajstić information content (AvgIpc) is 2.51. The zero-order valence-corrected chi connectivity index (χ0v) is 10.1. The van der Waals surface area contributed by atoms with Crippen molar-refractivity contribution in [1.82, 2.24) is 10.2 Å². The molecule has 0 aromatic carbocycles. The van der Waals surface area contributed by atoms with E-state index in [9.17, 15) is 4.79 Å². The third kappa shape index (κ3) is 2.38. The van der Waals surface area contributed by atoms with Gasteiger partial charge >= 0.3 is 5.97 Å². The SMILES string of the molecule is CC(NCC1CC2CCC(C1)N2C)C(=O)O. The molecular formula is C12H22N2O2. The summed E-state index contributed by atoms with van der Waals surface area (Å²) in [6, 6.07) is 1.06. The van der Waals surface area contributed by atoms with Gasteiger partial charge in [0.25, 0.3) is 0 Å². The van der Waals surface area contributed by atoms with E-state index in [0.717, 1.165) is 18.6 Å². The molecule has 0 amide bonds. The molecule has 0 aromatic heterocycles. The van der Waals surface area contributed by atoms with Crippen LogP contribution in [0.15, 0.2) is 0 Å². The summed E-state index contributed by atoms with van der Waals surface area (Å²) in [7, 11) is 2.23. The fraction of sp³-hybridized carbons (Fsp3) is 0.917. The van der Waals surface area contributed by atoms with E-state index in [1.165, 1.54) is 25.7 Å². The van der Waals surface area contributed by atoms with Crippen LogP contribution in [0.4, 0.5) is 0 Å². The maximum absolute atomic E-state index is 10.7. The van der Waals surface area contributed by atoms with Crippen LogP contribution >= 0.6 is 0 Å². The Bertz CT molecular complexity index is 256. The second kappa shape index (κ2) is 4.72. The molecule has 2 aliphatic heterocycles. The summed E-state index contributed by atoms with van der Waals surface area (Å²) in [5.74, 6) is -0.0913. The van der Waals surface area contributed by atoms with Crippen LogP contribution < -0.4 is 5.32 Å². The lowest BCUT2D eigenvalue weighted by Crippen LogP contribution is -2.44. The summed E-state index contributed by atoms with van der Waals surface area (Å²) in [6.07, 6.45) is 5.11. The number of piperidine rings is 1. The van der Waals surface area contributed by atoms with E-state index in [4.69, 9.17) is 5.11 Å². The molecule has 2 aliphatic rings. The van der Waals surface area contributed by atoms with Crippen molar-refractivity contribution in [1.29, 1.82) is 0 Å². The lowest BCUT2D eigenvalue weighted by atomic mass is 9.91. The van der Waals surface area contributed by atoms with Crippen molar-refractivity contribution >= 4 is 5.97 Å². The summed E-state index contributed by atoms with van der Waals surface area (Å²) in [5, 5.41) is 11.9. The van der Waals surface area contributed by atoms with E-state index in [2.05, 4.69) is 17.3 Å². The van der Waals surface area contributed by atoms with E-state index >= 15 is 0 Å². The highest BCUT2D eigenvalue weighted by atomic mass is 16.4. The highest BCUT2D eigenvalue weighted by molar-refractivity contribution is 5.72. The molecule has 92 valence electrons. The Balaban J connectivity index is 1.78. The fourth-order valence-electron chi connectivity index (χ4n) is 3.12. The largest absolute Gasteiger partial charge is 0.480 e. The molecule has 3 unspecified atom stereocenters. The van der Waals surface area contributed by atoms with Crippen LogP contribution in [-0.2, 0) is 4.79 Å². The van der Waals surface area contributed by atoms with E-state index in [1.807, 2.05) is 0 Å². The van der Waals surface area contributed by atoms with Crippen molar-refractivity contribution < 1.29 is 9.90 Å². The molecular weight excluding hydrogens is 204 g/mol. The molecule has 0 aromatic rings. The molecule has 2 fully saturated rings. The molecule has 3 atom stereocenters. The molecule has 2 saturated heterocycles. The molecule has 4 heteroatoms. The van der Waals surface area contributed by atoms with Crippen LogP contribution in [0.25, 0.3) is 0 Å². The second-order valence-corrected chi connectivity index (χ2v) is 5.36. The minimum absolute atomic E-state index is 0.419. The number of aliphatic carboxylic acids is 1. The van der Waals surface area contributed by atoms with Gasteiger partial charge in [-0.3, -0.25) is 4.79 Å². The van der Waals surface area contributed by atoms with Crippen LogP contribution in [0.3, 0.4) is 0 Å². The Labute approximate surface area is 97.0 Å². The lowest BCUT2D eigenvalue weighted by molar-refractivity contribution is -0.139. The van der Waals surface area contributed by atoms with Crippen molar-refractivity contribution in [2.45, 2.75) is 50.7 Å². The second-order valence-electron chi connectivity index (χ2n) is 5.36. The monoisotopic (exact) mass is 226 g/mol. The predicted molar refractivity (Wildman–Crippen MR) is 62.4 cm³/mol. The van der Waals surface area contributed by atoms with Crippen LogP contribution in [-0.4, -0.2) is 47.7 Å². The van der Waals surface area contributed by atoms with Gasteiger partial charge in [0.2, 0.25) is 0 Å². The van der Waals surface area contributed by atoms with Crippen molar-refractivity contribution in [3.63, 3.8) is 0 Å². The van der Waals surface area contributed by atoms with Crippen LogP contribution in [0.1, 0.15) is 32.6 Å². The standard InChI is InChI=1S/C12H22N2O2/c1-8(12(15)16)13-7-9-5-10-3-4-11(6-9)14(10)2/h8-11,13H,3-7H2,1-2H3,(H,15,16). The summed E-state index contributed by atoms with van der Waals surface area (Å²) in [6.45, 7) is 2.57. The quantitative estimate of drug-likeness (QED) is 0.748. The van der Waals surface area contributed by atoms with Gasteiger partial charge in [0.05, 0.1) is 0 Å². The van der Waals surface area contributed by atoms with Crippen molar-refractivity contribution in [2.75, 3.05) is 13.6 Å². The molecule has 2 heterocycles. The van der Waals surface area contributed by atoms with Crippen molar-refractivity contribution in [3.8, 4) is 0 Å². The van der Waals surface area contributed by atoms with Gasteiger partial charge in [-0.15, -0.1) is 0 Å². The molecule has 4 nitrogen and oxygen atoms in total. The van der Waals surface area contributed by atoms with E-state index in [1.54, 1.807) is 6.92 Å². The Morgan fingerprint density at radius 2 is 2.00 bits per heavy atom. The smallest absolute Gasteiger partial charge is 0.320 e. The van der Waals surface area contributed by atoms with Crippen LogP contribution in [0.2, 0.25) is 0 Å². The number of nitrogens with zero attached hydrogens (tertiary/aromatic N) is 1. The normalized spacial score (nSPS) is 36.2. The zero-order valence-electron chi connectivity index (χ0n) is 10.1. The van der Waals surface area contributed by atoms with Gasteiger partial charge in [-0.1, -0.05) is 0 Å². The average molecular weight is 226 g/mol. The summed E-state index contributed by atoms with van der Waals surface area (Å²) < 4.78 is 0. The first kappa shape index (κ1) is 11.9. The molecule has 16 heavy (non-hydrogen) atoms. The van der Waals surface area contributed by atoms with E-state index in [0.29, 0.717) is 5.92 Å². The van der Waals surface area contributed by atoms with Gasteiger partial charge in [-0.05, 0) is 52.1 Å². The third-order valence-electron chi connectivity index (χ3n) is 4.28.